The fourth-order valence-electron chi connectivity index (χ4n) is 3.09. The van der Waals surface area contributed by atoms with E-state index in [0.29, 0.717) is 31.8 Å². The molecule has 1 aliphatic rings. The van der Waals surface area contributed by atoms with Crippen LogP contribution in [0.4, 0.5) is 18.0 Å². The summed E-state index contributed by atoms with van der Waals surface area (Å²) in [6, 6.07) is 5.67. The summed E-state index contributed by atoms with van der Waals surface area (Å²) < 4.78 is 37.2. The Kier molecular flexibility index (Phi) is 7.19. The molecule has 0 fully saturated rings. The van der Waals surface area contributed by atoms with Gasteiger partial charge in [0.15, 0.2) is 0 Å². The number of nitrogens with one attached hydrogen (secondary N) is 1. The van der Waals surface area contributed by atoms with Gasteiger partial charge in [0, 0.05) is 37.2 Å². The second kappa shape index (κ2) is 9.65. The van der Waals surface area contributed by atoms with E-state index < -0.39 is 5.51 Å². The first-order chi connectivity index (χ1) is 14.2. The molecule has 162 valence electrons. The monoisotopic (exact) mass is 440 g/mol. The molecular weight excluding hydrogens is 417 g/mol. The molecule has 1 atom stereocenters. The minimum atomic E-state index is -4.32. The van der Waals surface area contributed by atoms with Crippen molar-refractivity contribution in [3.05, 3.63) is 53.1 Å². The van der Waals surface area contributed by atoms with Crippen LogP contribution in [-0.2, 0) is 25.9 Å². The second-order valence-corrected chi connectivity index (χ2v) is 8.41. The molecule has 2 aromatic rings. The summed E-state index contributed by atoms with van der Waals surface area (Å²) in [4.78, 5) is 23.2. The number of nitrogens with zero attached hydrogens (tertiary/aromatic N) is 3. The van der Waals surface area contributed by atoms with Crippen LogP contribution in [0.1, 0.15) is 29.6 Å². The van der Waals surface area contributed by atoms with Crippen LogP contribution in [0.5, 0.6) is 0 Å². The predicted molar refractivity (Wildman–Crippen MR) is 107 cm³/mol. The van der Waals surface area contributed by atoms with E-state index in [9.17, 15) is 23.1 Å². The summed E-state index contributed by atoms with van der Waals surface area (Å²) in [5.74, 6) is 0.710. The van der Waals surface area contributed by atoms with E-state index in [1.54, 1.807) is 23.2 Å². The van der Waals surface area contributed by atoms with Gasteiger partial charge < -0.3 is 15.3 Å². The maximum absolute atomic E-state index is 12.5. The molecule has 6 nitrogen and oxygen atoms in total. The summed E-state index contributed by atoms with van der Waals surface area (Å²) in [6.45, 7) is 3.10. The Morgan fingerprint density at radius 2 is 2.07 bits per heavy atom. The minimum absolute atomic E-state index is 0.0604. The highest BCUT2D eigenvalue weighted by Gasteiger charge is 2.29. The average Bonchev–Trinajstić information content (AvgIpc) is 2.71. The summed E-state index contributed by atoms with van der Waals surface area (Å²) >= 11 is -0.165. The summed E-state index contributed by atoms with van der Waals surface area (Å²) in [7, 11) is 0. The number of rotatable bonds is 6. The smallest absolute Gasteiger partial charge is 0.396 e. The highest BCUT2D eigenvalue weighted by atomic mass is 32.2. The SMILES string of the molecule is C[C@@H](CO)Cc1ncc2c(n1)CN(C(=O)NCc1ccc(SC(F)(F)F)cc1)CC2. The van der Waals surface area contributed by atoms with Crippen molar-refractivity contribution in [1.29, 1.82) is 0 Å². The Hall–Kier alpha value is -2.33. The molecule has 2 N–H and O–H groups in total. The topological polar surface area (TPSA) is 78.4 Å². The molecule has 1 aliphatic heterocycles. The molecule has 2 heterocycles. The predicted octanol–water partition coefficient (Wildman–Crippen LogP) is 3.53. The van der Waals surface area contributed by atoms with Crippen molar-refractivity contribution in [3.63, 3.8) is 0 Å². The lowest BCUT2D eigenvalue weighted by atomic mass is 10.1. The maximum atomic E-state index is 12.5. The number of halogens is 3. The van der Waals surface area contributed by atoms with Crippen molar-refractivity contribution in [2.75, 3.05) is 13.2 Å². The Morgan fingerprint density at radius 1 is 1.33 bits per heavy atom. The number of fused-ring (bicyclic) bond motifs is 1. The number of aliphatic hydroxyl groups excluding tert-OH is 1. The van der Waals surface area contributed by atoms with Crippen molar-refractivity contribution in [2.45, 2.75) is 43.3 Å². The van der Waals surface area contributed by atoms with Gasteiger partial charge in [0.05, 0.1) is 12.2 Å². The van der Waals surface area contributed by atoms with Gasteiger partial charge in [0.1, 0.15) is 5.82 Å². The molecule has 1 aromatic carbocycles. The number of thioether (sulfide) groups is 1. The lowest BCUT2D eigenvalue weighted by Crippen LogP contribution is -2.42. The van der Waals surface area contributed by atoms with E-state index in [2.05, 4.69) is 15.3 Å². The molecule has 0 radical (unpaired) electrons. The van der Waals surface area contributed by atoms with Crippen molar-refractivity contribution < 1.29 is 23.1 Å². The van der Waals surface area contributed by atoms with Crippen LogP contribution in [0, 0.1) is 5.92 Å². The van der Waals surface area contributed by atoms with E-state index in [1.165, 1.54) is 12.1 Å². The number of amides is 2. The molecule has 0 bridgehead atoms. The highest BCUT2D eigenvalue weighted by Crippen LogP contribution is 2.36. The molecule has 0 saturated heterocycles. The van der Waals surface area contributed by atoms with Crippen LogP contribution in [0.25, 0.3) is 0 Å². The molecular formula is C20H23F3N4O2S. The van der Waals surface area contributed by atoms with Gasteiger partial charge in [0.25, 0.3) is 0 Å². The number of carbonyl (C=O) groups excluding carboxylic acids is 1. The van der Waals surface area contributed by atoms with E-state index in [0.717, 1.165) is 16.8 Å². The number of hydrogen-bond donors (Lipinski definition) is 2. The third-order valence-electron chi connectivity index (χ3n) is 4.73. The van der Waals surface area contributed by atoms with Gasteiger partial charge in [-0.15, -0.1) is 0 Å². The summed E-state index contributed by atoms with van der Waals surface area (Å²) in [5.41, 5.74) is -1.79. The van der Waals surface area contributed by atoms with Gasteiger partial charge in [-0.3, -0.25) is 0 Å². The Labute approximate surface area is 176 Å². The first-order valence-electron chi connectivity index (χ1n) is 9.55. The first-order valence-corrected chi connectivity index (χ1v) is 10.4. The number of alkyl halides is 3. The Bertz CT molecular complexity index is 877. The van der Waals surface area contributed by atoms with Gasteiger partial charge in [-0.2, -0.15) is 13.2 Å². The summed E-state index contributed by atoms with van der Waals surface area (Å²) in [6.07, 6.45) is 3.01. The van der Waals surface area contributed by atoms with E-state index in [1.807, 2.05) is 6.92 Å². The lowest BCUT2D eigenvalue weighted by Gasteiger charge is -2.28. The zero-order valence-corrected chi connectivity index (χ0v) is 17.3. The molecule has 3 rings (SSSR count). The number of benzene rings is 1. The van der Waals surface area contributed by atoms with Crippen molar-refractivity contribution in [1.82, 2.24) is 20.2 Å². The molecule has 0 spiro atoms. The molecule has 30 heavy (non-hydrogen) atoms. The van der Waals surface area contributed by atoms with Crippen molar-refractivity contribution in [2.24, 2.45) is 5.92 Å². The van der Waals surface area contributed by atoms with Crippen LogP contribution in [0.2, 0.25) is 0 Å². The normalized spacial score (nSPS) is 14.9. The maximum Gasteiger partial charge on any atom is 0.446 e. The average molecular weight is 440 g/mol. The van der Waals surface area contributed by atoms with Crippen LogP contribution in [0.15, 0.2) is 35.4 Å². The van der Waals surface area contributed by atoms with Gasteiger partial charge in [0.2, 0.25) is 0 Å². The quantitative estimate of drug-likeness (QED) is 0.672. The first kappa shape index (κ1) is 22.4. The number of aliphatic hydroxyl groups is 1. The standard InChI is InChI=1S/C20H23F3N4O2S/c1-13(12-28)8-18-24-10-15-6-7-27(11-17(15)26-18)19(29)25-9-14-2-4-16(5-3-14)30-20(21,22)23/h2-5,10,13,28H,6-9,11-12H2,1H3,(H,25,29)/t13-/m1/s1. The summed E-state index contributed by atoms with van der Waals surface area (Å²) in [5, 5.41) is 12.0. The van der Waals surface area contributed by atoms with E-state index >= 15 is 0 Å². The fourth-order valence-corrected chi connectivity index (χ4v) is 3.63. The van der Waals surface area contributed by atoms with E-state index in [4.69, 9.17) is 0 Å². The Morgan fingerprint density at radius 3 is 2.73 bits per heavy atom. The third kappa shape index (κ3) is 6.33. The molecule has 0 aliphatic carbocycles. The molecule has 0 saturated carbocycles. The van der Waals surface area contributed by atoms with Gasteiger partial charge in [-0.25, -0.2) is 14.8 Å². The van der Waals surface area contributed by atoms with Crippen LogP contribution >= 0.6 is 11.8 Å². The van der Waals surface area contributed by atoms with E-state index in [-0.39, 0.29) is 41.8 Å². The van der Waals surface area contributed by atoms with Gasteiger partial charge >= 0.3 is 11.5 Å². The number of urea groups is 1. The number of aromatic nitrogens is 2. The molecule has 10 heteroatoms. The van der Waals surface area contributed by atoms with Crippen molar-refractivity contribution in [3.8, 4) is 0 Å². The fraction of sp³-hybridized carbons (Fsp3) is 0.450. The zero-order valence-electron chi connectivity index (χ0n) is 16.4. The number of hydrogen-bond acceptors (Lipinski definition) is 5. The van der Waals surface area contributed by atoms with Crippen LogP contribution < -0.4 is 5.32 Å². The molecule has 1 aromatic heterocycles. The third-order valence-corrected chi connectivity index (χ3v) is 5.47. The zero-order chi connectivity index (χ0) is 21.7. The largest absolute Gasteiger partial charge is 0.446 e. The highest BCUT2D eigenvalue weighted by molar-refractivity contribution is 8.00. The lowest BCUT2D eigenvalue weighted by molar-refractivity contribution is -0.0328. The van der Waals surface area contributed by atoms with Gasteiger partial charge in [-0.1, -0.05) is 19.1 Å². The van der Waals surface area contributed by atoms with Crippen LogP contribution in [-0.4, -0.2) is 44.7 Å². The second-order valence-electron chi connectivity index (χ2n) is 7.27. The number of carbonyl (C=O) groups is 1. The Balaban J connectivity index is 1.55. The van der Waals surface area contributed by atoms with Gasteiger partial charge in [-0.05, 0) is 47.4 Å². The molecule has 2 amide bonds. The minimum Gasteiger partial charge on any atom is -0.396 e. The van der Waals surface area contributed by atoms with Crippen LogP contribution in [0.3, 0.4) is 0 Å². The van der Waals surface area contributed by atoms with Crippen molar-refractivity contribution >= 4 is 17.8 Å². The molecule has 0 unspecified atom stereocenters.